The highest BCUT2D eigenvalue weighted by atomic mass is 15.1. The van der Waals surface area contributed by atoms with Gasteiger partial charge in [0, 0.05) is 17.1 Å². The van der Waals surface area contributed by atoms with Crippen molar-refractivity contribution in [3.05, 3.63) is 224 Å². The predicted molar refractivity (Wildman–Crippen MR) is 235 cm³/mol. The summed E-state index contributed by atoms with van der Waals surface area (Å²) in [6.45, 7) is 0. The lowest BCUT2D eigenvalue weighted by Gasteiger charge is -2.26. The van der Waals surface area contributed by atoms with Crippen molar-refractivity contribution in [3.63, 3.8) is 0 Å². The number of benzene rings is 10. The molecule has 1 heteroatoms. The molecule has 0 saturated heterocycles. The van der Waals surface area contributed by atoms with E-state index in [0.29, 0.717) is 5.56 Å². The number of hydrogen-bond donors (Lipinski definition) is 0. The molecule has 0 saturated carbocycles. The highest BCUT2D eigenvalue weighted by Gasteiger charge is 2.15. The van der Waals surface area contributed by atoms with Gasteiger partial charge in [-0.05, 0) is 125 Å². The van der Waals surface area contributed by atoms with Crippen LogP contribution >= 0.6 is 0 Å². The molecule has 0 bridgehead atoms. The Bertz CT molecular complexity index is 3160. The molecule has 10 aromatic rings. The summed E-state index contributed by atoms with van der Waals surface area (Å²) in [6.07, 6.45) is 0. The molecule has 0 radical (unpaired) electrons. The van der Waals surface area contributed by atoms with Crippen molar-refractivity contribution in [2.45, 2.75) is 0 Å². The van der Waals surface area contributed by atoms with Crippen LogP contribution in [0.3, 0.4) is 0 Å². The van der Waals surface area contributed by atoms with E-state index < -0.39 is 0 Å². The number of fused-ring (bicyclic) bond motifs is 4. The van der Waals surface area contributed by atoms with Gasteiger partial charge in [0.1, 0.15) is 0 Å². The average Bonchev–Trinajstić information content (AvgIpc) is 3.30. The van der Waals surface area contributed by atoms with Crippen LogP contribution in [0.4, 0.5) is 17.1 Å². The van der Waals surface area contributed by atoms with Crippen molar-refractivity contribution in [2.24, 2.45) is 0 Å². The lowest BCUT2D eigenvalue weighted by atomic mass is 9.93. The van der Waals surface area contributed by atoms with Crippen LogP contribution in [0.25, 0.3) is 76.8 Å². The Kier molecular flexibility index (Phi) is 7.19. The summed E-state index contributed by atoms with van der Waals surface area (Å²) in [5.41, 5.74) is 9.10. The fraction of sp³-hybridized carbons (Fsp3) is 0. The summed E-state index contributed by atoms with van der Waals surface area (Å²) in [5, 5.41) is 6.34. The number of anilines is 3. The molecule has 10 rings (SSSR count). The minimum absolute atomic E-state index is 0.0887. The van der Waals surface area contributed by atoms with E-state index in [1.54, 1.807) is 0 Å². The molecule has 55 heavy (non-hydrogen) atoms. The lowest BCUT2D eigenvalue weighted by Crippen LogP contribution is -2.09. The van der Waals surface area contributed by atoms with Gasteiger partial charge in [0.05, 0.1) is 5.48 Å². The summed E-state index contributed by atoms with van der Waals surface area (Å²) < 4.78 is 38.3. The van der Waals surface area contributed by atoms with E-state index in [1.165, 1.54) is 16.3 Å². The van der Waals surface area contributed by atoms with Gasteiger partial charge in [-0.15, -0.1) is 0 Å². The normalized spacial score (nSPS) is 12.3. The SMILES string of the molecule is [2H]c1c([2H])c(N(c2ccc(-c3ccccc3)cc2)c2ccc(-c3cccc(-c4cccc5ccccc45)c3)cc2)c([2H])c([2H])c1-c1cc2ccccc2c2ccccc12. The quantitative estimate of drug-likeness (QED) is 0.149. The van der Waals surface area contributed by atoms with Crippen molar-refractivity contribution in [2.75, 3.05) is 4.90 Å². The highest BCUT2D eigenvalue weighted by Crippen LogP contribution is 2.40. The van der Waals surface area contributed by atoms with Crippen LogP contribution in [-0.2, 0) is 0 Å². The van der Waals surface area contributed by atoms with Crippen LogP contribution in [0.2, 0.25) is 0 Å². The van der Waals surface area contributed by atoms with E-state index in [1.807, 2.05) is 102 Å². The molecule has 258 valence electrons. The molecule has 0 amide bonds. The zero-order chi connectivity index (χ0) is 40.0. The van der Waals surface area contributed by atoms with Crippen molar-refractivity contribution >= 4 is 49.4 Å². The maximum absolute atomic E-state index is 9.61. The first kappa shape index (κ1) is 28.3. The molecule has 0 aromatic heterocycles. The van der Waals surface area contributed by atoms with Crippen molar-refractivity contribution in [3.8, 4) is 44.5 Å². The largest absolute Gasteiger partial charge is 0.311 e. The zero-order valence-corrected chi connectivity index (χ0v) is 30.0. The Hall–Kier alpha value is -7.22. The van der Waals surface area contributed by atoms with E-state index in [-0.39, 0.29) is 35.4 Å². The molecule has 0 N–H and O–H groups in total. The Labute approximate surface area is 327 Å². The lowest BCUT2D eigenvalue weighted by molar-refractivity contribution is 1.28. The van der Waals surface area contributed by atoms with Crippen molar-refractivity contribution in [1.82, 2.24) is 0 Å². The topological polar surface area (TPSA) is 3.24 Å². The molecular formula is C54H37N. The molecule has 0 aliphatic rings. The Balaban J connectivity index is 1.11. The maximum Gasteiger partial charge on any atom is 0.0645 e. The minimum atomic E-state index is -0.114. The smallest absolute Gasteiger partial charge is 0.0645 e. The van der Waals surface area contributed by atoms with Gasteiger partial charge in [0.25, 0.3) is 0 Å². The predicted octanol–water partition coefficient (Wildman–Crippen LogP) is 15.3. The molecule has 0 heterocycles. The van der Waals surface area contributed by atoms with Crippen molar-refractivity contribution in [1.29, 1.82) is 0 Å². The minimum Gasteiger partial charge on any atom is -0.311 e. The average molecular weight is 704 g/mol. The van der Waals surface area contributed by atoms with E-state index in [9.17, 15) is 5.48 Å². The summed E-state index contributed by atoms with van der Waals surface area (Å²) >= 11 is 0. The molecule has 1 nitrogen and oxygen atoms in total. The molecule has 0 aliphatic carbocycles. The van der Waals surface area contributed by atoms with Crippen LogP contribution in [0.15, 0.2) is 224 Å². The molecule has 10 aromatic carbocycles. The molecule has 0 aliphatic heterocycles. The van der Waals surface area contributed by atoms with Crippen LogP contribution < -0.4 is 4.90 Å². The van der Waals surface area contributed by atoms with Gasteiger partial charge in [-0.25, -0.2) is 0 Å². The van der Waals surface area contributed by atoms with Gasteiger partial charge in [-0.1, -0.05) is 176 Å². The van der Waals surface area contributed by atoms with Gasteiger partial charge in [-0.3, -0.25) is 0 Å². The van der Waals surface area contributed by atoms with Crippen LogP contribution in [0.5, 0.6) is 0 Å². The van der Waals surface area contributed by atoms with Gasteiger partial charge in [-0.2, -0.15) is 0 Å². The summed E-state index contributed by atoms with van der Waals surface area (Å²) in [5.74, 6) is 0. The number of rotatable bonds is 7. The zero-order valence-electron chi connectivity index (χ0n) is 34.0. The molecular weight excluding hydrogens is 663 g/mol. The summed E-state index contributed by atoms with van der Waals surface area (Å²) in [7, 11) is 0. The second-order valence-electron chi connectivity index (χ2n) is 13.8. The second-order valence-corrected chi connectivity index (χ2v) is 13.8. The maximum atomic E-state index is 9.61. The highest BCUT2D eigenvalue weighted by molar-refractivity contribution is 6.13. The number of hydrogen-bond acceptors (Lipinski definition) is 1. The molecule has 0 atom stereocenters. The van der Waals surface area contributed by atoms with Crippen LogP contribution in [-0.4, -0.2) is 0 Å². The van der Waals surface area contributed by atoms with Gasteiger partial charge in [0.2, 0.25) is 0 Å². The Morgan fingerprint density at radius 1 is 0.273 bits per heavy atom. The van der Waals surface area contributed by atoms with E-state index >= 15 is 0 Å². The van der Waals surface area contributed by atoms with E-state index in [2.05, 4.69) is 103 Å². The fourth-order valence-corrected chi connectivity index (χ4v) is 7.80. The third-order valence-electron chi connectivity index (χ3n) is 10.5. The molecule has 0 fully saturated rings. The van der Waals surface area contributed by atoms with Crippen molar-refractivity contribution < 1.29 is 5.48 Å². The monoisotopic (exact) mass is 703 g/mol. The van der Waals surface area contributed by atoms with Gasteiger partial charge >= 0.3 is 0 Å². The first-order chi connectivity index (χ1) is 28.9. The Morgan fingerprint density at radius 2 is 0.782 bits per heavy atom. The van der Waals surface area contributed by atoms with Crippen LogP contribution in [0, 0.1) is 0 Å². The fourth-order valence-electron chi connectivity index (χ4n) is 7.80. The third-order valence-corrected chi connectivity index (χ3v) is 10.5. The van der Waals surface area contributed by atoms with Crippen LogP contribution in [0.1, 0.15) is 5.48 Å². The molecule has 0 spiro atoms. The summed E-state index contributed by atoms with van der Waals surface area (Å²) in [4.78, 5) is 1.86. The standard InChI is InChI=1S/C54H37N/c1-2-12-38(13-3-1)39-24-30-46(31-25-39)55(48-34-28-42(29-35-48)54-37-45-15-5-7-20-51(45)52-21-8-9-22-53(52)54)47-32-26-40(27-33-47)43-17-10-18-44(36-43)50-23-11-16-41-14-4-6-19-49(41)50/h1-37H/i28D,29D,34D,35D. The first-order valence-electron chi connectivity index (χ1n) is 20.6. The van der Waals surface area contributed by atoms with Gasteiger partial charge < -0.3 is 4.90 Å². The summed E-state index contributed by atoms with van der Waals surface area (Å²) in [6, 6.07) is 67.4. The third kappa shape index (κ3) is 6.12. The number of nitrogens with zero attached hydrogens (tertiary/aromatic N) is 1. The molecule has 0 unspecified atom stereocenters. The van der Waals surface area contributed by atoms with Gasteiger partial charge in [0.15, 0.2) is 0 Å². The first-order valence-corrected chi connectivity index (χ1v) is 18.6. The second kappa shape index (κ2) is 14.0. The Morgan fingerprint density at radius 3 is 1.51 bits per heavy atom. The van der Waals surface area contributed by atoms with E-state index in [0.717, 1.165) is 60.7 Å². The van der Waals surface area contributed by atoms with E-state index in [4.69, 9.17) is 0 Å².